The summed E-state index contributed by atoms with van der Waals surface area (Å²) >= 11 is 0. The summed E-state index contributed by atoms with van der Waals surface area (Å²) in [6, 6.07) is 9.21. The number of hydrogen-bond donors (Lipinski definition) is 1. The predicted octanol–water partition coefficient (Wildman–Crippen LogP) is 2.74. The summed E-state index contributed by atoms with van der Waals surface area (Å²) in [4.78, 5) is 20.5. The predicted molar refractivity (Wildman–Crippen MR) is 87.6 cm³/mol. The molecule has 0 saturated heterocycles. The van der Waals surface area contributed by atoms with Gasteiger partial charge in [0.2, 0.25) is 5.78 Å². The van der Waals surface area contributed by atoms with E-state index in [0.29, 0.717) is 17.9 Å². The van der Waals surface area contributed by atoms with Gasteiger partial charge in [0.15, 0.2) is 0 Å². The van der Waals surface area contributed by atoms with E-state index in [0.717, 1.165) is 22.8 Å². The third-order valence-corrected chi connectivity index (χ3v) is 3.57. The maximum atomic E-state index is 11.6. The first-order valence-corrected chi connectivity index (χ1v) is 7.31. The van der Waals surface area contributed by atoms with Crippen molar-refractivity contribution in [3.8, 4) is 0 Å². The minimum Gasteiger partial charge on any atom is -0.465 e. The van der Waals surface area contributed by atoms with Crippen molar-refractivity contribution < 1.29 is 9.53 Å². The van der Waals surface area contributed by atoms with Gasteiger partial charge in [-0.1, -0.05) is 6.07 Å². The van der Waals surface area contributed by atoms with Gasteiger partial charge in [0.05, 0.1) is 24.9 Å². The summed E-state index contributed by atoms with van der Waals surface area (Å²) in [5, 5.41) is 3.26. The molecule has 1 aromatic carbocycles. The first kappa shape index (κ1) is 15.0. The van der Waals surface area contributed by atoms with E-state index in [1.54, 1.807) is 12.1 Å². The van der Waals surface area contributed by atoms with Gasteiger partial charge < -0.3 is 10.1 Å². The molecule has 2 aromatic heterocycles. The second-order valence-corrected chi connectivity index (χ2v) is 5.37. The molecular formula is C17H18N4O2. The Hall–Kier alpha value is -2.89. The fraction of sp³-hybridized carbons (Fsp3) is 0.235. The van der Waals surface area contributed by atoms with E-state index in [1.165, 1.54) is 7.11 Å². The number of rotatable bonds is 4. The van der Waals surface area contributed by atoms with Crippen LogP contribution in [0.1, 0.15) is 27.4 Å². The van der Waals surface area contributed by atoms with Gasteiger partial charge in [-0.15, -0.1) is 0 Å². The van der Waals surface area contributed by atoms with Crippen molar-refractivity contribution in [2.45, 2.75) is 20.4 Å². The Bertz CT molecular complexity index is 870. The van der Waals surface area contributed by atoms with Crippen molar-refractivity contribution in [3.63, 3.8) is 0 Å². The molecule has 0 unspecified atom stereocenters. The third-order valence-electron chi connectivity index (χ3n) is 3.57. The van der Waals surface area contributed by atoms with Crippen LogP contribution in [0.2, 0.25) is 0 Å². The lowest BCUT2D eigenvalue weighted by molar-refractivity contribution is 0.0601. The van der Waals surface area contributed by atoms with Gasteiger partial charge in [-0.25, -0.2) is 14.8 Å². The highest BCUT2D eigenvalue weighted by atomic mass is 16.5. The average Bonchev–Trinajstić information content (AvgIpc) is 2.95. The van der Waals surface area contributed by atoms with Crippen LogP contribution in [0.15, 0.2) is 36.5 Å². The van der Waals surface area contributed by atoms with Crippen LogP contribution in [0, 0.1) is 13.8 Å². The van der Waals surface area contributed by atoms with Crippen LogP contribution in [0.5, 0.6) is 0 Å². The zero-order valence-corrected chi connectivity index (χ0v) is 13.3. The number of carbonyl (C=O) groups is 1. The maximum absolute atomic E-state index is 11.6. The zero-order chi connectivity index (χ0) is 16.4. The summed E-state index contributed by atoms with van der Waals surface area (Å²) in [5.41, 5.74) is 4.28. The van der Waals surface area contributed by atoms with Gasteiger partial charge >= 0.3 is 5.97 Å². The normalized spacial score (nSPS) is 10.7. The van der Waals surface area contributed by atoms with Crippen LogP contribution in [-0.2, 0) is 11.3 Å². The number of nitrogens with zero attached hydrogens (tertiary/aromatic N) is 3. The van der Waals surface area contributed by atoms with Crippen LogP contribution in [-0.4, -0.2) is 27.4 Å². The number of aryl methyl sites for hydroxylation is 2. The lowest BCUT2D eigenvalue weighted by Gasteiger charge is -2.06. The highest BCUT2D eigenvalue weighted by Crippen LogP contribution is 2.14. The molecule has 0 amide bonds. The van der Waals surface area contributed by atoms with Gasteiger partial charge in [-0.05, 0) is 38.1 Å². The molecule has 118 valence electrons. The first-order valence-electron chi connectivity index (χ1n) is 7.31. The highest BCUT2D eigenvalue weighted by Gasteiger charge is 2.08. The SMILES string of the molecule is COC(=O)c1cccc(NCc2cn3c(C)cc(C)nc3n2)c1. The van der Waals surface area contributed by atoms with E-state index in [-0.39, 0.29) is 5.97 Å². The molecule has 0 fully saturated rings. The minimum absolute atomic E-state index is 0.350. The molecule has 6 nitrogen and oxygen atoms in total. The number of esters is 1. The van der Waals surface area contributed by atoms with Crippen LogP contribution in [0.3, 0.4) is 0 Å². The molecule has 0 aliphatic carbocycles. The fourth-order valence-corrected chi connectivity index (χ4v) is 2.47. The van der Waals surface area contributed by atoms with Crippen molar-refractivity contribution in [1.29, 1.82) is 0 Å². The summed E-state index contributed by atoms with van der Waals surface area (Å²) in [6.07, 6.45) is 1.97. The molecule has 0 spiro atoms. The van der Waals surface area contributed by atoms with Crippen molar-refractivity contribution in [1.82, 2.24) is 14.4 Å². The van der Waals surface area contributed by atoms with Crippen LogP contribution in [0.25, 0.3) is 5.78 Å². The second kappa shape index (κ2) is 6.08. The van der Waals surface area contributed by atoms with Gasteiger partial charge in [-0.3, -0.25) is 4.40 Å². The number of benzene rings is 1. The van der Waals surface area contributed by atoms with Crippen LogP contribution >= 0.6 is 0 Å². The van der Waals surface area contributed by atoms with E-state index in [4.69, 9.17) is 4.74 Å². The second-order valence-electron chi connectivity index (χ2n) is 5.37. The molecule has 0 radical (unpaired) electrons. The number of anilines is 1. The summed E-state index contributed by atoms with van der Waals surface area (Å²) in [5.74, 6) is 0.347. The number of methoxy groups -OCH3 is 1. The zero-order valence-electron chi connectivity index (χ0n) is 13.3. The number of imidazole rings is 1. The number of nitrogens with one attached hydrogen (secondary N) is 1. The molecule has 0 aliphatic heterocycles. The largest absolute Gasteiger partial charge is 0.465 e. The molecule has 6 heteroatoms. The number of carbonyl (C=O) groups excluding carboxylic acids is 1. The topological polar surface area (TPSA) is 68.5 Å². The Morgan fingerprint density at radius 2 is 2.09 bits per heavy atom. The molecule has 0 saturated carbocycles. The lowest BCUT2D eigenvalue weighted by atomic mass is 10.2. The number of hydrogen-bond acceptors (Lipinski definition) is 5. The minimum atomic E-state index is -0.350. The molecule has 0 aliphatic rings. The van der Waals surface area contributed by atoms with Gasteiger partial charge in [-0.2, -0.15) is 0 Å². The van der Waals surface area contributed by atoms with E-state index in [2.05, 4.69) is 15.3 Å². The van der Waals surface area contributed by atoms with Gasteiger partial charge in [0.1, 0.15) is 0 Å². The van der Waals surface area contributed by atoms with E-state index in [1.807, 2.05) is 42.6 Å². The van der Waals surface area contributed by atoms with Crippen LogP contribution in [0.4, 0.5) is 5.69 Å². The number of ether oxygens (including phenoxy) is 1. The van der Waals surface area contributed by atoms with Gasteiger partial charge in [0, 0.05) is 23.3 Å². The van der Waals surface area contributed by atoms with E-state index >= 15 is 0 Å². The molecule has 2 heterocycles. The fourth-order valence-electron chi connectivity index (χ4n) is 2.47. The summed E-state index contributed by atoms with van der Waals surface area (Å²) in [6.45, 7) is 4.53. The monoisotopic (exact) mass is 310 g/mol. The quantitative estimate of drug-likeness (QED) is 0.750. The first-order chi connectivity index (χ1) is 11.1. The number of fused-ring (bicyclic) bond motifs is 1. The molecule has 0 bridgehead atoms. The maximum Gasteiger partial charge on any atom is 0.337 e. The molecule has 3 aromatic rings. The van der Waals surface area contributed by atoms with Crippen molar-refractivity contribution in [3.05, 3.63) is 59.2 Å². The van der Waals surface area contributed by atoms with E-state index in [9.17, 15) is 4.79 Å². The molecule has 3 rings (SSSR count). The molecule has 23 heavy (non-hydrogen) atoms. The third kappa shape index (κ3) is 3.15. The summed E-state index contributed by atoms with van der Waals surface area (Å²) in [7, 11) is 1.37. The van der Waals surface area contributed by atoms with Crippen molar-refractivity contribution in [2.75, 3.05) is 12.4 Å². The summed E-state index contributed by atoms with van der Waals surface area (Å²) < 4.78 is 6.69. The highest BCUT2D eigenvalue weighted by molar-refractivity contribution is 5.90. The Labute approximate surface area is 134 Å². The smallest absolute Gasteiger partial charge is 0.337 e. The van der Waals surface area contributed by atoms with Crippen molar-refractivity contribution in [2.24, 2.45) is 0 Å². The van der Waals surface area contributed by atoms with Crippen molar-refractivity contribution >= 4 is 17.4 Å². The van der Waals surface area contributed by atoms with Crippen LogP contribution < -0.4 is 5.32 Å². The van der Waals surface area contributed by atoms with Gasteiger partial charge in [0.25, 0.3) is 0 Å². The molecule has 0 atom stereocenters. The Kier molecular flexibility index (Phi) is 3.97. The van der Waals surface area contributed by atoms with E-state index < -0.39 is 0 Å². The Morgan fingerprint density at radius 1 is 1.26 bits per heavy atom. The Morgan fingerprint density at radius 3 is 2.87 bits per heavy atom. The molecular weight excluding hydrogens is 292 g/mol. The standard InChI is InChI=1S/C17H18N4O2/c1-11-7-12(2)21-10-15(20-17(21)19-11)9-18-14-6-4-5-13(8-14)16(22)23-3/h4-8,10,18H,9H2,1-3H3. The lowest BCUT2D eigenvalue weighted by Crippen LogP contribution is -2.04. The average molecular weight is 310 g/mol. The number of aromatic nitrogens is 3. The Balaban J connectivity index is 1.78. The molecule has 1 N–H and O–H groups in total.